The molecular weight excluding hydrogens is 250 g/mol. The van der Waals surface area contributed by atoms with Crippen molar-refractivity contribution >= 4 is 23.4 Å². The van der Waals surface area contributed by atoms with E-state index < -0.39 is 5.91 Å². The summed E-state index contributed by atoms with van der Waals surface area (Å²) in [5, 5.41) is 7.49. The second kappa shape index (κ2) is 5.09. The minimum absolute atomic E-state index is 0.390. The van der Waals surface area contributed by atoms with Gasteiger partial charge in [-0.2, -0.15) is 0 Å². The maximum atomic E-state index is 11.0. The van der Waals surface area contributed by atoms with Crippen molar-refractivity contribution in [1.29, 1.82) is 0 Å². The van der Waals surface area contributed by atoms with E-state index in [-0.39, 0.29) is 0 Å². The standard InChI is InChI=1S/C11H13N5OS/c1-2-9-14-11(16-15-9)18-8-4-3-6(10(13)17)5-7(8)12/h3-5H,2,12H2,1H3,(H2,13,17)(H,14,15,16). The average Bonchev–Trinajstić information content (AvgIpc) is 2.79. The van der Waals surface area contributed by atoms with Crippen LogP contribution in [0, 0.1) is 0 Å². The number of benzene rings is 1. The molecule has 5 N–H and O–H groups in total. The minimum Gasteiger partial charge on any atom is -0.398 e. The fraction of sp³-hybridized carbons (Fsp3) is 0.182. The number of primary amides is 1. The van der Waals surface area contributed by atoms with Crippen LogP contribution in [0.2, 0.25) is 0 Å². The molecule has 0 spiro atoms. The van der Waals surface area contributed by atoms with Crippen LogP contribution in [0.25, 0.3) is 0 Å². The number of aromatic amines is 1. The summed E-state index contributed by atoms with van der Waals surface area (Å²) in [6, 6.07) is 4.93. The van der Waals surface area contributed by atoms with Gasteiger partial charge >= 0.3 is 0 Å². The number of nitrogens with one attached hydrogen (secondary N) is 1. The number of H-pyrrole nitrogens is 1. The molecule has 1 aromatic carbocycles. The zero-order valence-electron chi connectivity index (χ0n) is 9.80. The summed E-state index contributed by atoms with van der Waals surface area (Å²) in [6.45, 7) is 1.99. The summed E-state index contributed by atoms with van der Waals surface area (Å²) in [4.78, 5) is 16.1. The lowest BCUT2D eigenvalue weighted by molar-refractivity contribution is 0.100. The van der Waals surface area contributed by atoms with Crippen LogP contribution in [-0.2, 0) is 6.42 Å². The number of hydrogen-bond donors (Lipinski definition) is 3. The molecule has 2 aromatic rings. The number of anilines is 1. The van der Waals surface area contributed by atoms with Crippen molar-refractivity contribution in [1.82, 2.24) is 15.2 Å². The molecule has 0 fully saturated rings. The maximum absolute atomic E-state index is 11.0. The summed E-state index contributed by atoms with van der Waals surface area (Å²) < 4.78 is 0. The fourth-order valence-corrected chi connectivity index (χ4v) is 2.13. The van der Waals surface area contributed by atoms with Gasteiger partial charge in [0.2, 0.25) is 11.1 Å². The molecule has 0 bridgehead atoms. The summed E-state index contributed by atoms with van der Waals surface area (Å²) >= 11 is 1.34. The van der Waals surface area contributed by atoms with Crippen LogP contribution in [0.5, 0.6) is 0 Å². The van der Waals surface area contributed by atoms with Gasteiger partial charge in [-0.3, -0.25) is 9.89 Å². The van der Waals surface area contributed by atoms with E-state index in [1.165, 1.54) is 11.8 Å². The Morgan fingerprint density at radius 1 is 1.50 bits per heavy atom. The topological polar surface area (TPSA) is 111 Å². The van der Waals surface area contributed by atoms with Crippen molar-refractivity contribution in [2.24, 2.45) is 5.73 Å². The highest BCUT2D eigenvalue weighted by molar-refractivity contribution is 7.99. The summed E-state index contributed by atoms with van der Waals surface area (Å²) in [5.74, 6) is 0.328. The smallest absolute Gasteiger partial charge is 0.248 e. The predicted molar refractivity (Wildman–Crippen MR) is 69.3 cm³/mol. The van der Waals surface area contributed by atoms with Crippen molar-refractivity contribution in [3.8, 4) is 0 Å². The molecule has 0 unspecified atom stereocenters. The zero-order chi connectivity index (χ0) is 13.1. The molecule has 0 aliphatic rings. The van der Waals surface area contributed by atoms with E-state index in [1.54, 1.807) is 18.2 Å². The van der Waals surface area contributed by atoms with Gasteiger partial charge in [-0.05, 0) is 30.0 Å². The number of rotatable bonds is 4. The molecular formula is C11H13N5OS. The van der Waals surface area contributed by atoms with Gasteiger partial charge in [-0.1, -0.05) is 6.92 Å². The molecule has 1 heterocycles. The number of carbonyl (C=O) groups excluding carboxylic acids is 1. The van der Waals surface area contributed by atoms with Crippen LogP contribution in [0.4, 0.5) is 5.69 Å². The number of nitrogens with two attached hydrogens (primary N) is 2. The first-order valence-corrected chi connectivity index (χ1v) is 6.20. The second-order valence-corrected chi connectivity index (χ2v) is 4.65. The third-order valence-corrected chi connectivity index (χ3v) is 3.30. The van der Waals surface area contributed by atoms with Gasteiger partial charge in [0.25, 0.3) is 0 Å². The number of nitrogen functional groups attached to an aromatic ring is 1. The molecule has 0 atom stereocenters. The molecule has 1 aromatic heterocycles. The third-order valence-electron chi connectivity index (χ3n) is 2.34. The van der Waals surface area contributed by atoms with Crippen molar-refractivity contribution < 1.29 is 4.79 Å². The lowest BCUT2D eigenvalue weighted by Gasteiger charge is -2.03. The van der Waals surface area contributed by atoms with E-state index >= 15 is 0 Å². The first-order valence-electron chi connectivity index (χ1n) is 5.38. The molecule has 6 nitrogen and oxygen atoms in total. The van der Waals surface area contributed by atoms with Crippen molar-refractivity contribution in [3.63, 3.8) is 0 Å². The van der Waals surface area contributed by atoms with E-state index in [1.807, 2.05) is 6.92 Å². The Kier molecular flexibility index (Phi) is 3.52. The monoisotopic (exact) mass is 263 g/mol. The van der Waals surface area contributed by atoms with Crippen LogP contribution in [0.1, 0.15) is 23.1 Å². The molecule has 1 amide bonds. The number of aryl methyl sites for hydroxylation is 1. The summed E-state index contributed by atoms with van der Waals surface area (Å²) in [5.41, 5.74) is 11.9. The van der Waals surface area contributed by atoms with E-state index in [9.17, 15) is 4.79 Å². The summed E-state index contributed by atoms with van der Waals surface area (Å²) in [6.07, 6.45) is 0.795. The van der Waals surface area contributed by atoms with Gasteiger partial charge < -0.3 is 11.5 Å². The second-order valence-electron chi connectivity index (χ2n) is 3.64. The van der Waals surface area contributed by atoms with Gasteiger partial charge in [0, 0.05) is 22.6 Å². The Labute approximate surface area is 108 Å². The number of amides is 1. The van der Waals surface area contributed by atoms with Crippen LogP contribution >= 0.6 is 11.8 Å². The minimum atomic E-state index is -0.496. The Hall–Kier alpha value is -2.02. The Morgan fingerprint density at radius 3 is 2.83 bits per heavy atom. The Bertz CT molecular complexity index is 581. The van der Waals surface area contributed by atoms with Gasteiger partial charge in [-0.25, -0.2) is 4.98 Å². The van der Waals surface area contributed by atoms with E-state index in [0.29, 0.717) is 16.4 Å². The van der Waals surface area contributed by atoms with Gasteiger partial charge in [0.1, 0.15) is 5.82 Å². The van der Waals surface area contributed by atoms with E-state index in [2.05, 4.69) is 15.2 Å². The van der Waals surface area contributed by atoms with Gasteiger partial charge in [0.15, 0.2) is 0 Å². The Morgan fingerprint density at radius 2 is 2.28 bits per heavy atom. The number of carbonyl (C=O) groups is 1. The highest BCUT2D eigenvalue weighted by Gasteiger charge is 2.09. The van der Waals surface area contributed by atoms with E-state index in [4.69, 9.17) is 11.5 Å². The number of aromatic nitrogens is 3. The lowest BCUT2D eigenvalue weighted by Crippen LogP contribution is -2.11. The highest BCUT2D eigenvalue weighted by Crippen LogP contribution is 2.30. The van der Waals surface area contributed by atoms with Crippen LogP contribution < -0.4 is 11.5 Å². The van der Waals surface area contributed by atoms with Gasteiger partial charge in [0.05, 0.1) is 0 Å². The molecule has 0 saturated carbocycles. The number of nitrogens with zero attached hydrogens (tertiary/aromatic N) is 2. The first-order chi connectivity index (χ1) is 8.60. The molecule has 0 radical (unpaired) electrons. The molecule has 7 heteroatoms. The van der Waals surface area contributed by atoms with Crippen molar-refractivity contribution in [2.75, 3.05) is 5.73 Å². The van der Waals surface area contributed by atoms with Gasteiger partial charge in [-0.15, -0.1) is 5.10 Å². The summed E-state index contributed by atoms with van der Waals surface area (Å²) in [7, 11) is 0. The van der Waals surface area contributed by atoms with Crippen LogP contribution in [0.15, 0.2) is 28.3 Å². The fourth-order valence-electron chi connectivity index (χ4n) is 1.37. The predicted octanol–water partition coefficient (Wildman–Crippen LogP) is 1.20. The largest absolute Gasteiger partial charge is 0.398 e. The van der Waals surface area contributed by atoms with Crippen molar-refractivity contribution in [3.05, 3.63) is 29.6 Å². The third kappa shape index (κ3) is 2.62. The van der Waals surface area contributed by atoms with E-state index in [0.717, 1.165) is 17.1 Å². The van der Waals surface area contributed by atoms with Crippen molar-refractivity contribution in [2.45, 2.75) is 23.4 Å². The average molecular weight is 263 g/mol. The molecule has 2 rings (SSSR count). The number of hydrogen-bond acceptors (Lipinski definition) is 5. The SMILES string of the molecule is CCc1nc(Sc2ccc(C(N)=O)cc2N)n[nH]1. The molecule has 18 heavy (non-hydrogen) atoms. The first kappa shape index (κ1) is 12.4. The van der Waals surface area contributed by atoms with Crippen LogP contribution in [0.3, 0.4) is 0 Å². The highest BCUT2D eigenvalue weighted by atomic mass is 32.2. The molecule has 0 aliphatic heterocycles. The quantitative estimate of drug-likeness (QED) is 0.718. The zero-order valence-corrected chi connectivity index (χ0v) is 10.6. The lowest BCUT2D eigenvalue weighted by atomic mass is 10.2. The normalized spacial score (nSPS) is 10.5. The van der Waals surface area contributed by atoms with Crippen LogP contribution in [-0.4, -0.2) is 21.1 Å². The molecule has 94 valence electrons. The molecule has 0 aliphatic carbocycles. The Balaban J connectivity index is 2.21. The molecule has 0 saturated heterocycles. The maximum Gasteiger partial charge on any atom is 0.248 e.